The Balaban J connectivity index is 2.43. The maximum atomic E-state index is 12.1. The third kappa shape index (κ3) is 5.46. The highest BCUT2D eigenvalue weighted by Gasteiger charge is 2.07. The van der Waals surface area contributed by atoms with Crippen molar-refractivity contribution in [2.24, 2.45) is 0 Å². The van der Waals surface area contributed by atoms with Crippen LogP contribution >= 0.6 is 11.8 Å². The van der Waals surface area contributed by atoms with Crippen LogP contribution in [0.2, 0.25) is 0 Å². The summed E-state index contributed by atoms with van der Waals surface area (Å²) in [7, 11) is 0. The number of hydrogen-bond acceptors (Lipinski definition) is 3. The summed E-state index contributed by atoms with van der Waals surface area (Å²) >= 11 is 0.468. The summed E-state index contributed by atoms with van der Waals surface area (Å²) in [5, 5.41) is 5.82. The van der Waals surface area contributed by atoms with Gasteiger partial charge in [0.1, 0.15) is 0 Å². The highest BCUT2D eigenvalue weighted by Crippen LogP contribution is 2.24. The zero-order chi connectivity index (χ0) is 13.4. The van der Waals surface area contributed by atoms with Crippen LogP contribution in [0.4, 0.5) is 8.78 Å². The first-order valence-electron chi connectivity index (χ1n) is 5.67. The van der Waals surface area contributed by atoms with E-state index in [4.69, 9.17) is 0 Å². The summed E-state index contributed by atoms with van der Waals surface area (Å²) in [4.78, 5) is 12.1. The summed E-state index contributed by atoms with van der Waals surface area (Å²) in [6.07, 6.45) is 0. The minimum absolute atomic E-state index is 0.193. The van der Waals surface area contributed by atoms with Crippen LogP contribution in [0.3, 0.4) is 0 Å². The lowest BCUT2D eigenvalue weighted by Gasteiger charge is -2.06. The van der Waals surface area contributed by atoms with E-state index in [1.807, 2.05) is 6.92 Å². The van der Waals surface area contributed by atoms with Crippen LogP contribution in [-0.2, 0) is 0 Å². The summed E-state index contributed by atoms with van der Waals surface area (Å²) in [5.74, 6) is -2.63. The van der Waals surface area contributed by atoms with Gasteiger partial charge in [0.05, 0.1) is 0 Å². The standard InChI is InChI=1S/C12H16F2N2OS/c1-2-15-7-8-16-11(17)9-3-5-10(6-4-9)18-12(13)14/h3-6,12,15H,2,7-8H2,1H3,(H,16,17). The molecule has 1 amide bonds. The number of carbonyl (C=O) groups is 1. The van der Waals surface area contributed by atoms with Gasteiger partial charge in [0, 0.05) is 23.5 Å². The van der Waals surface area contributed by atoms with E-state index in [1.54, 1.807) is 12.1 Å². The molecule has 0 saturated heterocycles. The lowest BCUT2D eigenvalue weighted by Crippen LogP contribution is -2.31. The van der Waals surface area contributed by atoms with Crippen LogP contribution in [0.25, 0.3) is 0 Å². The molecule has 0 aliphatic heterocycles. The monoisotopic (exact) mass is 274 g/mol. The smallest absolute Gasteiger partial charge is 0.288 e. The first-order chi connectivity index (χ1) is 8.63. The van der Waals surface area contributed by atoms with Crippen molar-refractivity contribution < 1.29 is 13.6 Å². The van der Waals surface area contributed by atoms with Gasteiger partial charge >= 0.3 is 0 Å². The topological polar surface area (TPSA) is 41.1 Å². The number of halogens is 2. The van der Waals surface area contributed by atoms with Crippen molar-refractivity contribution in [3.8, 4) is 0 Å². The van der Waals surface area contributed by atoms with Gasteiger partial charge in [0.2, 0.25) is 0 Å². The third-order valence-electron chi connectivity index (χ3n) is 2.18. The van der Waals surface area contributed by atoms with E-state index in [2.05, 4.69) is 10.6 Å². The van der Waals surface area contributed by atoms with Gasteiger partial charge in [-0.15, -0.1) is 0 Å². The van der Waals surface area contributed by atoms with Gasteiger partial charge in [-0.2, -0.15) is 8.78 Å². The number of likely N-dealkylation sites (N-methyl/N-ethyl adjacent to an activating group) is 1. The molecule has 0 aromatic heterocycles. The largest absolute Gasteiger partial charge is 0.351 e. The molecule has 0 heterocycles. The maximum Gasteiger partial charge on any atom is 0.288 e. The quantitative estimate of drug-likeness (QED) is 0.592. The average Bonchev–Trinajstić information content (AvgIpc) is 2.34. The van der Waals surface area contributed by atoms with Crippen LogP contribution in [0.15, 0.2) is 29.2 Å². The van der Waals surface area contributed by atoms with Crippen molar-refractivity contribution in [1.82, 2.24) is 10.6 Å². The number of benzene rings is 1. The number of carbonyl (C=O) groups excluding carboxylic acids is 1. The second-order valence-corrected chi connectivity index (χ2v) is 4.58. The van der Waals surface area contributed by atoms with Crippen LogP contribution < -0.4 is 10.6 Å². The number of rotatable bonds is 7. The van der Waals surface area contributed by atoms with E-state index < -0.39 is 5.76 Å². The fraction of sp³-hybridized carbons (Fsp3) is 0.417. The molecule has 1 aromatic carbocycles. The van der Waals surface area contributed by atoms with E-state index in [0.29, 0.717) is 35.3 Å². The molecular formula is C12H16F2N2OS. The average molecular weight is 274 g/mol. The molecule has 1 rings (SSSR count). The number of thioether (sulfide) groups is 1. The number of alkyl halides is 2. The van der Waals surface area contributed by atoms with Gasteiger partial charge < -0.3 is 10.6 Å². The molecule has 1 aromatic rings. The van der Waals surface area contributed by atoms with Gasteiger partial charge in [-0.1, -0.05) is 18.7 Å². The Kier molecular flexibility index (Phi) is 6.67. The molecule has 6 heteroatoms. The minimum atomic E-state index is -2.44. The molecule has 0 saturated carbocycles. The van der Waals surface area contributed by atoms with Crippen LogP contribution in [0.1, 0.15) is 17.3 Å². The molecule has 100 valence electrons. The van der Waals surface area contributed by atoms with Crippen LogP contribution in [0.5, 0.6) is 0 Å². The van der Waals surface area contributed by atoms with E-state index >= 15 is 0 Å². The Hall–Kier alpha value is -1.14. The Morgan fingerprint density at radius 3 is 2.50 bits per heavy atom. The Labute approximate surface area is 109 Å². The van der Waals surface area contributed by atoms with Crippen molar-refractivity contribution in [2.45, 2.75) is 17.6 Å². The van der Waals surface area contributed by atoms with E-state index in [9.17, 15) is 13.6 Å². The lowest BCUT2D eigenvalue weighted by molar-refractivity contribution is 0.0954. The molecule has 0 atom stereocenters. The molecule has 0 bridgehead atoms. The first-order valence-corrected chi connectivity index (χ1v) is 6.55. The van der Waals surface area contributed by atoms with Gasteiger partial charge in [0.15, 0.2) is 0 Å². The Morgan fingerprint density at radius 1 is 1.28 bits per heavy atom. The van der Waals surface area contributed by atoms with Crippen molar-refractivity contribution in [3.63, 3.8) is 0 Å². The molecule has 0 aliphatic rings. The van der Waals surface area contributed by atoms with E-state index in [0.717, 1.165) is 6.54 Å². The highest BCUT2D eigenvalue weighted by atomic mass is 32.2. The normalized spacial score (nSPS) is 10.7. The maximum absolute atomic E-state index is 12.1. The van der Waals surface area contributed by atoms with Crippen molar-refractivity contribution in [3.05, 3.63) is 29.8 Å². The molecular weight excluding hydrogens is 258 g/mol. The van der Waals surface area contributed by atoms with E-state index in [1.165, 1.54) is 12.1 Å². The predicted molar refractivity (Wildman–Crippen MR) is 69.2 cm³/mol. The molecule has 2 N–H and O–H groups in total. The first kappa shape index (κ1) is 14.9. The van der Waals surface area contributed by atoms with Crippen molar-refractivity contribution in [1.29, 1.82) is 0 Å². The number of hydrogen-bond donors (Lipinski definition) is 2. The third-order valence-corrected chi connectivity index (χ3v) is 2.90. The Bertz CT molecular complexity index is 371. The summed E-state index contributed by atoms with van der Waals surface area (Å²) in [6, 6.07) is 6.15. The second-order valence-electron chi connectivity index (χ2n) is 3.51. The van der Waals surface area contributed by atoms with E-state index in [-0.39, 0.29) is 5.91 Å². The SMILES string of the molecule is CCNCCNC(=O)c1ccc(SC(F)F)cc1. The van der Waals surface area contributed by atoms with Gasteiger partial charge in [0.25, 0.3) is 11.7 Å². The van der Waals surface area contributed by atoms with Crippen molar-refractivity contribution in [2.75, 3.05) is 19.6 Å². The van der Waals surface area contributed by atoms with Gasteiger partial charge in [-0.25, -0.2) is 0 Å². The summed E-state index contributed by atoms with van der Waals surface area (Å²) in [6.45, 7) is 4.10. The molecule has 0 aliphatic carbocycles. The van der Waals surface area contributed by atoms with Crippen LogP contribution in [0, 0.1) is 0 Å². The molecule has 18 heavy (non-hydrogen) atoms. The highest BCUT2D eigenvalue weighted by molar-refractivity contribution is 7.99. The summed E-state index contributed by atoms with van der Waals surface area (Å²) < 4.78 is 24.2. The molecule has 0 radical (unpaired) electrons. The Morgan fingerprint density at radius 2 is 1.94 bits per heavy atom. The fourth-order valence-corrected chi connectivity index (χ4v) is 1.83. The zero-order valence-electron chi connectivity index (χ0n) is 10.1. The molecule has 0 unspecified atom stereocenters. The second kappa shape index (κ2) is 8.05. The number of nitrogens with one attached hydrogen (secondary N) is 2. The summed E-state index contributed by atoms with van der Waals surface area (Å²) in [5.41, 5.74) is 0.477. The lowest BCUT2D eigenvalue weighted by atomic mass is 10.2. The zero-order valence-corrected chi connectivity index (χ0v) is 10.9. The molecule has 3 nitrogen and oxygen atoms in total. The fourth-order valence-electron chi connectivity index (χ4n) is 1.33. The predicted octanol–water partition coefficient (Wildman–Crippen LogP) is 2.34. The van der Waals surface area contributed by atoms with Crippen LogP contribution in [-0.4, -0.2) is 31.3 Å². The molecule has 0 fully saturated rings. The number of amides is 1. The molecule has 0 spiro atoms. The van der Waals surface area contributed by atoms with Gasteiger partial charge in [-0.3, -0.25) is 4.79 Å². The minimum Gasteiger partial charge on any atom is -0.351 e. The van der Waals surface area contributed by atoms with Crippen molar-refractivity contribution >= 4 is 17.7 Å². The van der Waals surface area contributed by atoms with Gasteiger partial charge in [-0.05, 0) is 30.8 Å².